The van der Waals surface area contributed by atoms with E-state index in [0.29, 0.717) is 0 Å². The monoisotopic (exact) mass is 307 g/mol. The van der Waals surface area contributed by atoms with Crippen LogP contribution in [0.15, 0.2) is 0 Å². The number of nitrogens with zero attached hydrogens (tertiary/aromatic N) is 2. The van der Waals surface area contributed by atoms with Crippen LogP contribution in [-0.4, -0.2) is 50.9 Å². The summed E-state index contributed by atoms with van der Waals surface area (Å²) in [6.07, 6.45) is -1.18. The van der Waals surface area contributed by atoms with Gasteiger partial charge < -0.3 is 0 Å². The quantitative estimate of drug-likeness (QED) is 0.614. The highest BCUT2D eigenvalue weighted by atomic mass is 16.2. The van der Waals surface area contributed by atoms with Crippen molar-refractivity contribution in [1.29, 1.82) is 0 Å². The van der Waals surface area contributed by atoms with Crippen LogP contribution in [0.3, 0.4) is 0 Å². The lowest BCUT2D eigenvalue weighted by Crippen LogP contribution is -2.69. The molecular formula is C13H13N3O6. The van der Waals surface area contributed by atoms with Crippen LogP contribution in [0.1, 0.15) is 38.5 Å². The van der Waals surface area contributed by atoms with Crippen molar-refractivity contribution in [3.63, 3.8) is 0 Å². The third-order valence-corrected chi connectivity index (χ3v) is 4.10. The molecule has 3 heterocycles. The number of hydrogen-bond acceptors (Lipinski definition) is 6. The van der Waals surface area contributed by atoms with Crippen molar-refractivity contribution >= 4 is 35.4 Å². The van der Waals surface area contributed by atoms with Crippen LogP contribution in [0, 0.1) is 0 Å². The fraction of sp³-hybridized carbons (Fsp3) is 0.538. The zero-order valence-electron chi connectivity index (χ0n) is 11.6. The van der Waals surface area contributed by atoms with E-state index in [9.17, 15) is 28.8 Å². The zero-order valence-corrected chi connectivity index (χ0v) is 11.6. The topological polar surface area (TPSA) is 121 Å². The summed E-state index contributed by atoms with van der Waals surface area (Å²) in [5, 5.41) is 2.06. The van der Waals surface area contributed by atoms with Crippen molar-refractivity contribution in [2.45, 2.75) is 44.2 Å². The molecule has 0 saturated carbocycles. The van der Waals surface area contributed by atoms with Gasteiger partial charge >= 0.3 is 0 Å². The first-order chi connectivity index (χ1) is 10.3. The van der Waals surface area contributed by atoms with Crippen molar-refractivity contribution in [1.82, 2.24) is 15.1 Å². The standard InChI is InChI=1S/C13H13N3O6/c17-7-5-13(6-8(18)14-7,15-9(19)1-2-10(15)20)16-11(21)3-4-12(16)22/h1-6H2,(H,14,17,18). The number of imide groups is 3. The number of carbonyl (C=O) groups excluding carboxylic acids is 6. The molecule has 116 valence electrons. The summed E-state index contributed by atoms with van der Waals surface area (Å²) >= 11 is 0. The summed E-state index contributed by atoms with van der Waals surface area (Å²) in [6, 6.07) is 0. The third-order valence-electron chi connectivity index (χ3n) is 4.10. The second-order valence-electron chi connectivity index (χ2n) is 5.55. The highest BCUT2D eigenvalue weighted by Gasteiger charge is 2.59. The van der Waals surface area contributed by atoms with Crippen LogP contribution in [0.2, 0.25) is 0 Å². The van der Waals surface area contributed by atoms with E-state index in [4.69, 9.17) is 0 Å². The summed E-state index contributed by atoms with van der Waals surface area (Å²) in [4.78, 5) is 73.5. The van der Waals surface area contributed by atoms with Crippen LogP contribution in [0.25, 0.3) is 0 Å². The minimum Gasteiger partial charge on any atom is -0.296 e. The molecule has 3 aliphatic heterocycles. The first-order valence-corrected chi connectivity index (χ1v) is 6.89. The lowest BCUT2D eigenvalue weighted by molar-refractivity contribution is -0.171. The van der Waals surface area contributed by atoms with Gasteiger partial charge in [0, 0.05) is 25.7 Å². The molecule has 3 saturated heterocycles. The highest BCUT2D eigenvalue weighted by molar-refractivity contribution is 6.10. The summed E-state index contributed by atoms with van der Waals surface area (Å²) in [5.41, 5.74) is -1.82. The molecule has 0 unspecified atom stereocenters. The van der Waals surface area contributed by atoms with Gasteiger partial charge in [-0.05, 0) is 0 Å². The molecular weight excluding hydrogens is 294 g/mol. The van der Waals surface area contributed by atoms with Gasteiger partial charge in [0.05, 0.1) is 12.8 Å². The van der Waals surface area contributed by atoms with E-state index in [1.807, 2.05) is 0 Å². The molecule has 0 atom stereocenters. The second kappa shape index (κ2) is 4.72. The van der Waals surface area contributed by atoms with E-state index in [2.05, 4.69) is 5.32 Å². The maximum absolute atomic E-state index is 12.1. The molecule has 0 aromatic carbocycles. The van der Waals surface area contributed by atoms with Gasteiger partial charge in [-0.3, -0.25) is 43.9 Å². The number of carbonyl (C=O) groups is 6. The minimum absolute atomic E-state index is 0.0629. The maximum Gasteiger partial charge on any atom is 0.231 e. The van der Waals surface area contributed by atoms with Gasteiger partial charge in [0.25, 0.3) is 0 Å². The molecule has 0 aromatic heterocycles. The predicted octanol–water partition coefficient (Wildman–Crippen LogP) is -1.58. The molecule has 6 amide bonds. The van der Waals surface area contributed by atoms with Crippen molar-refractivity contribution in [3.8, 4) is 0 Å². The number of likely N-dealkylation sites (tertiary alicyclic amines) is 2. The van der Waals surface area contributed by atoms with Gasteiger partial charge in [-0.15, -0.1) is 0 Å². The molecule has 0 aromatic rings. The number of hydrogen-bond donors (Lipinski definition) is 1. The molecule has 0 aliphatic carbocycles. The van der Waals surface area contributed by atoms with E-state index in [0.717, 1.165) is 9.80 Å². The predicted molar refractivity (Wildman–Crippen MR) is 67.3 cm³/mol. The molecule has 0 spiro atoms. The molecule has 9 nitrogen and oxygen atoms in total. The number of rotatable bonds is 2. The Kier molecular flexibility index (Phi) is 3.08. The molecule has 3 fully saturated rings. The molecule has 3 rings (SSSR count). The van der Waals surface area contributed by atoms with Crippen molar-refractivity contribution in [2.75, 3.05) is 0 Å². The van der Waals surface area contributed by atoms with Gasteiger partial charge in [-0.2, -0.15) is 0 Å². The molecule has 1 N–H and O–H groups in total. The molecule has 22 heavy (non-hydrogen) atoms. The van der Waals surface area contributed by atoms with E-state index in [1.54, 1.807) is 0 Å². The first-order valence-electron chi connectivity index (χ1n) is 6.89. The SMILES string of the molecule is O=C1CC(N2C(=O)CCC2=O)(N2C(=O)CCC2=O)CC(=O)N1. The number of nitrogens with one attached hydrogen (secondary N) is 1. The van der Waals surface area contributed by atoms with Gasteiger partial charge in [-0.25, -0.2) is 0 Å². The second-order valence-corrected chi connectivity index (χ2v) is 5.55. The smallest absolute Gasteiger partial charge is 0.231 e. The van der Waals surface area contributed by atoms with Crippen LogP contribution >= 0.6 is 0 Å². The van der Waals surface area contributed by atoms with E-state index >= 15 is 0 Å². The minimum atomic E-state index is -1.82. The Morgan fingerprint density at radius 3 is 1.27 bits per heavy atom. The van der Waals surface area contributed by atoms with Gasteiger partial charge in [0.2, 0.25) is 35.4 Å². The average Bonchev–Trinajstić information content (AvgIpc) is 2.92. The van der Waals surface area contributed by atoms with Crippen LogP contribution < -0.4 is 5.32 Å². The Labute approximate surface area is 124 Å². The molecule has 0 bridgehead atoms. The van der Waals surface area contributed by atoms with Crippen molar-refractivity contribution in [3.05, 3.63) is 0 Å². The van der Waals surface area contributed by atoms with Crippen LogP contribution in [0.5, 0.6) is 0 Å². The lowest BCUT2D eigenvalue weighted by atomic mass is 9.92. The highest BCUT2D eigenvalue weighted by Crippen LogP contribution is 2.38. The van der Waals surface area contributed by atoms with Gasteiger partial charge in [0.15, 0.2) is 5.66 Å². The Morgan fingerprint density at radius 1 is 0.636 bits per heavy atom. The zero-order chi connectivity index (χ0) is 16.1. The van der Waals surface area contributed by atoms with Crippen molar-refractivity contribution < 1.29 is 28.8 Å². The summed E-state index contributed by atoms with van der Waals surface area (Å²) < 4.78 is 0. The summed E-state index contributed by atoms with van der Waals surface area (Å²) in [6.45, 7) is 0. The number of amides is 6. The van der Waals surface area contributed by atoms with E-state index < -0.39 is 53.9 Å². The Balaban J connectivity index is 2.13. The van der Waals surface area contributed by atoms with E-state index in [-0.39, 0.29) is 25.7 Å². The lowest BCUT2D eigenvalue weighted by Gasteiger charge is -2.46. The molecule has 0 radical (unpaired) electrons. The fourth-order valence-electron chi connectivity index (χ4n) is 3.32. The maximum atomic E-state index is 12.1. The Morgan fingerprint density at radius 2 is 0.955 bits per heavy atom. The largest absolute Gasteiger partial charge is 0.296 e. The first kappa shape index (κ1) is 14.4. The summed E-state index contributed by atoms with van der Waals surface area (Å²) in [7, 11) is 0. The van der Waals surface area contributed by atoms with Gasteiger partial charge in [-0.1, -0.05) is 0 Å². The average molecular weight is 307 g/mol. The van der Waals surface area contributed by atoms with Crippen LogP contribution in [0.4, 0.5) is 0 Å². The Bertz CT molecular complexity index is 554. The van der Waals surface area contributed by atoms with Gasteiger partial charge in [0.1, 0.15) is 0 Å². The normalized spacial score (nSPS) is 25.3. The van der Waals surface area contributed by atoms with E-state index in [1.165, 1.54) is 0 Å². The Hall–Kier alpha value is -2.58. The third kappa shape index (κ3) is 1.92. The summed E-state index contributed by atoms with van der Waals surface area (Å²) in [5.74, 6) is -3.78. The molecule has 9 heteroatoms. The van der Waals surface area contributed by atoms with Crippen LogP contribution in [-0.2, 0) is 28.8 Å². The molecule has 3 aliphatic rings. The van der Waals surface area contributed by atoms with Crippen molar-refractivity contribution in [2.24, 2.45) is 0 Å². The number of piperidine rings is 1. The fourth-order valence-corrected chi connectivity index (χ4v) is 3.32.